The number of nitrogens with one attached hydrogen (secondary N) is 1. The predicted octanol–water partition coefficient (Wildman–Crippen LogP) is 6.19. The van der Waals surface area contributed by atoms with Crippen molar-refractivity contribution in [1.82, 2.24) is 0 Å². The second kappa shape index (κ2) is 20.2. The van der Waals surface area contributed by atoms with Crippen molar-refractivity contribution in [2.24, 2.45) is 0 Å². The van der Waals surface area contributed by atoms with Gasteiger partial charge in [-0.15, -0.1) is 0 Å². The van der Waals surface area contributed by atoms with Gasteiger partial charge in [0.25, 0.3) is 5.01 Å². The van der Waals surface area contributed by atoms with E-state index in [4.69, 9.17) is 4.74 Å². The molecule has 230 valence electrons. The summed E-state index contributed by atoms with van der Waals surface area (Å²) in [5.74, 6) is 0.442. The average molecular weight is 613 g/mol. The second-order valence-corrected chi connectivity index (χ2v) is 11.8. The van der Waals surface area contributed by atoms with Gasteiger partial charge in [-0.1, -0.05) is 107 Å². The van der Waals surface area contributed by atoms with Gasteiger partial charge in [0.15, 0.2) is 12.0 Å². The first-order chi connectivity index (χ1) is 20.0. The van der Waals surface area contributed by atoms with Crippen LogP contribution in [0.2, 0.25) is 0 Å². The summed E-state index contributed by atoms with van der Waals surface area (Å²) in [7, 11) is 0. The van der Waals surface area contributed by atoms with Crippen LogP contribution < -0.4 is 27.0 Å². The highest BCUT2D eigenvalue weighted by atomic mass is 35.5. The molecule has 0 bridgehead atoms. The summed E-state index contributed by atoms with van der Waals surface area (Å²) in [4.78, 5) is 25.4. The van der Waals surface area contributed by atoms with Gasteiger partial charge in [-0.2, -0.15) is 4.57 Å². The maximum Gasteiger partial charge on any atom is 0.271 e. The van der Waals surface area contributed by atoms with Gasteiger partial charge in [0.2, 0.25) is 5.91 Å². The van der Waals surface area contributed by atoms with Gasteiger partial charge < -0.3 is 22.5 Å². The van der Waals surface area contributed by atoms with E-state index in [1.165, 1.54) is 64.2 Å². The minimum atomic E-state index is -0.114. The van der Waals surface area contributed by atoms with Crippen LogP contribution >= 0.6 is 11.3 Å². The van der Waals surface area contributed by atoms with Crippen molar-refractivity contribution in [3.05, 3.63) is 65.2 Å². The van der Waals surface area contributed by atoms with Crippen molar-refractivity contribution in [2.75, 3.05) is 11.9 Å². The molecule has 3 rings (SSSR count). The van der Waals surface area contributed by atoms with E-state index in [0.29, 0.717) is 17.9 Å². The highest BCUT2D eigenvalue weighted by Gasteiger charge is 2.19. The zero-order valence-electron chi connectivity index (χ0n) is 25.8. The molecule has 5 nitrogen and oxygen atoms in total. The molecule has 0 saturated heterocycles. The minimum Gasteiger partial charge on any atom is -1.00 e. The van der Waals surface area contributed by atoms with E-state index in [9.17, 15) is 9.59 Å². The molecule has 0 aliphatic heterocycles. The average Bonchev–Trinajstić information content (AvgIpc) is 3.45. The van der Waals surface area contributed by atoms with Gasteiger partial charge in [0.1, 0.15) is 12.3 Å². The van der Waals surface area contributed by atoms with Crippen LogP contribution in [0.15, 0.2) is 54.0 Å². The number of para-hydroxylation sites is 1. The molecule has 1 aromatic heterocycles. The number of hydrogen-bond acceptors (Lipinski definition) is 4. The summed E-state index contributed by atoms with van der Waals surface area (Å²) in [6, 6.07) is 13.4. The predicted molar refractivity (Wildman–Crippen MR) is 171 cm³/mol. The van der Waals surface area contributed by atoms with Crippen molar-refractivity contribution in [1.29, 1.82) is 0 Å². The minimum absolute atomic E-state index is 0. The molecule has 0 saturated carbocycles. The number of anilines is 1. The molecule has 1 N–H and O–H groups in total. The van der Waals surface area contributed by atoms with Gasteiger partial charge in [-0.25, -0.2) is 0 Å². The Balaban J connectivity index is 0.00000616. The number of amides is 1. The third-order valence-electron chi connectivity index (χ3n) is 7.50. The van der Waals surface area contributed by atoms with E-state index in [-0.39, 0.29) is 30.5 Å². The van der Waals surface area contributed by atoms with E-state index in [0.717, 1.165) is 41.2 Å². The summed E-state index contributed by atoms with van der Waals surface area (Å²) in [5.41, 5.74) is 3.12. The number of ether oxygens (including phenoxy) is 1. The van der Waals surface area contributed by atoms with E-state index >= 15 is 0 Å². The smallest absolute Gasteiger partial charge is 0.271 e. The number of unbranched alkanes of at least 4 members (excludes halogenated alkanes) is 11. The van der Waals surface area contributed by atoms with Crippen LogP contribution in [0.25, 0.3) is 10.6 Å². The molecule has 0 atom stereocenters. The normalized spacial score (nSPS) is 10.7. The third kappa shape index (κ3) is 11.9. The summed E-state index contributed by atoms with van der Waals surface area (Å²) in [6.45, 7) is 7.39. The molecule has 3 aromatic rings. The first-order valence-electron chi connectivity index (χ1n) is 15.7. The number of thiazole rings is 1. The van der Waals surface area contributed by atoms with E-state index in [2.05, 4.69) is 35.3 Å². The highest BCUT2D eigenvalue weighted by molar-refractivity contribution is 7.12. The van der Waals surface area contributed by atoms with E-state index < -0.39 is 0 Å². The highest BCUT2D eigenvalue weighted by Crippen LogP contribution is 2.29. The number of carbonyl (C=O) groups excluding carboxylic acids is 2. The van der Waals surface area contributed by atoms with Crippen molar-refractivity contribution in [3.63, 3.8) is 0 Å². The lowest BCUT2D eigenvalue weighted by molar-refractivity contribution is -0.678. The fraction of sp³-hybridized carbons (Fsp3) is 0.514. The molecule has 0 unspecified atom stereocenters. The zero-order chi connectivity index (χ0) is 29.3. The molecule has 0 aliphatic carbocycles. The number of aryl methyl sites for hydroxylation is 1. The fourth-order valence-corrected chi connectivity index (χ4v) is 6.11. The van der Waals surface area contributed by atoms with Crippen molar-refractivity contribution >= 4 is 28.7 Å². The zero-order valence-corrected chi connectivity index (χ0v) is 27.3. The number of halogens is 1. The number of aromatic nitrogens is 1. The standard InChI is InChI=1S/C35H48N2O3S.ClH/c1-4-6-7-8-9-10-11-12-13-14-15-18-24-40-33-22-21-29(26-31(33)28(3)38)27-34(39)36-32-20-17-16-19-30(32)35-37(5-2)23-25-41-35;/h16-17,19-23,25-26H,4-15,18,24,27H2,1-3H3;1H. The Morgan fingerprint density at radius 2 is 1.50 bits per heavy atom. The van der Waals surface area contributed by atoms with Crippen molar-refractivity contribution in [2.45, 2.75) is 111 Å². The molecule has 1 amide bonds. The molecule has 1 heterocycles. The summed E-state index contributed by atoms with van der Waals surface area (Å²) >= 11 is 1.66. The Hall–Kier alpha value is -2.70. The number of rotatable bonds is 20. The molecule has 2 aromatic carbocycles. The number of nitrogens with zero attached hydrogens (tertiary/aromatic N) is 1. The molecule has 7 heteroatoms. The van der Waals surface area contributed by atoms with Crippen LogP contribution in [-0.2, 0) is 17.8 Å². The van der Waals surface area contributed by atoms with Crippen LogP contribution in [0.1, 0.15) is 114 Å². The van der Waals surface area contributed by atoms with Gasteiger partial charge in [-0.05, 0) is 50.1 Å². The van der Waals surface area contributed by atoms with Gasteiger partial charge in [0, 0.05) is 0 Å². The number of benzene rings is 2. The summed E-state index contributed by atoms with van der Waals surface area (Å²) in [6.07, 6.45) is 17.8. The van der Waals surface area contributed by atoms with Crippen LogP contribution in [0.3, 0.4) is 0 Å². The largest absolute Gasteiger partial charge is 1.00 e. The number of Topliss-reactive ketones (excluding diaryl/α,β-unsaturated/α-hetero) is 1. The monoisotopic (exact) mass is 612 g/mol. The lowest BCUT2D eigenvalue weighted by Crippen LogP contribution is -3.00. The molecule has 0 fully saturated rings. The van der Waals surface area contributed by atoms with Gasteiger partial charge in [0.05, 0.1) is 35.2 Å². The summed E-state index contributed by atoms with van der Waals surface area (Å²) in [5, 5.41) is 6.25. The van der Waals surface area contributed by atoms with Crippen LogP contribution in [0.4, 0.5) is 5.69 Å². The first-order valence-corrected chi connectivity index (χ1v) is 16.5. The van der Waals surface area contributed by atoms with Crippen LogP contribution in [-0.4, -0.2) is 18.3 Å². The number of hydrogen-bond donors (Lipinski definition) is 1. The molecule has 0 aliphatic rings. The topological polar surface area (TPSA) is 59.3 Å². The maximum absolute atomic E-state index is 13.0. The van der Waals surface area contributed by atoms with Crippen molar-refractivity contribution in [3.8, 4) is 16.3 Å². The molecule has 42 heavy (non-hydrogen) atoms. The lowest BCUT2D eigenvalue weighted by atomic mass is 10.0. The maximum atomic E-state index is 13.0. The Morgan fingerprint density at radius 3 is 2.14 bits per heavy atom. The van der Waals surface area contributed by atoms with Crippen molar-refractivity contribution < 1.29 is 31.3 Å². The Morgan fingerprint density at radius 1 is 0.857 bits per heavy atom. The molecule has 0 spiro atoms. The first kappa shape index (κ1) is 35.5. The number of carbonyl (C=O) groups is 2. The molecular formula is C35H49ClN2O3S. The Kier molecular flexibility index (Phi) is 17.1. The third-order valence-corrected chi connectivity index (χ3v) is 8.43. The Bertz CT molecular complexity index is 1230. The molecular weight excluding hydrogens is 564 g/mol. The molecule has 0 radical (unpaired) electrons. The van der Waals surface area contributed by atoms with Gasteiger partial charge >= 0.3 is 0 Å². The van der Waals surface area contributed by atoms with Crippen LogP contribution in [0, 0.1) is 0 Å². The lowest BCUT2D eigenvalue weighted by Gasteiger charge is -2.12. The second-order valence-electron chi connectivity index (χ2n) is 10.9. The summed E-state index contributed by atoms with van der Waals surface area (Å²) < 4.78 is 8.17. The number of ketones is 1. The Labute approximate surface area is 263 Å². The van der Waals surface area contributed by atoms with E-state index in [1.54, 1.807) is 24.3 Å². The van der Waals surface area contributed by atoms with E-state index in [1.807, 2.05) is 36.4 Å². The fourth-order valence-electron chi connectivity index (χ4n) is 5.14. The SMILES string of the molecule is CCCCCCCCCCCCCCOc1ccc(CC(=O)Nc2ccccc2-c2scc[n+]2CC)cc1C(C)=O.[Cl-]. The van der Waals surface area contributed by atoms with Crippen LogP contribution in [0.5, 0.6) is 5.75 Å². The quantitative estimate of drug-likeness (QED) is 0.0940. The van der Waals surface area contributed by atoms with Gasteiger partial charge in [-0.3, -0.25) is 9.59 Å².